The number of hydrogen-bond donors (Lipinski definition) is 1. The van der Waals surface area contributed by atoms with E-state index in [0.29, 0.717) is 0 Å². The predicted octanol–water partition coefficient (Wildman–Crippen LogP) is 1.98. The van der Waals surface area contributed by atoms with Crippen LogP contribution in [-0.2, 0) is 11.8 Å². The third-order valence-corrected chi connectivity index (χ3v) is 2.18. The van der Waals surface area contributed by atoms with Gasteiger partial charge in [0.2, 0.25) is 5.91 Å². The number of aryl methyl sites for hydroxylation is 1. The lowest BCUT2D eigenvalue weighted by molar-refractivity contribution is -0.162. The standard InChI is InChI=1S/C9H10ClF3N2O/c1-15-3-2-6(5-15)8(9(11,12)13)14-7(16)4-10/h2-3,5,8H,4H2,1H3,(H,14,16). The maximum atomic E-state index is 12.6. The molecule has 1 heterocycles. The highest BCUT2D eigenvalue weighted by Gasteiger charge is 2.42. The Morgan fingerprint density at radius 2 is 2.25 bits per heavy atom. The zero-order valence-corrected chi connectivity index (χ0v) is 9.14. The van der Waals surface area contributed by atoms with Crippen LogP contribution in [0.2, 0.25) is 0 Å². The van der Waals surface area contributed by atoms with Gasteiger partial charge in [0.1, 0.15) is 5.88 Å². The summed E-state index contributed by atoms with van der Waals surface area (Å²) in [4.78, 5) is 10.9. The number of aromatic nitrogens is 1. The van der Waals surface area contributed by atoms with Crippen LogP contribution in [0.25, 0.3) is 0 Å². The van der Waals surface area contributed by atoms with Crippen molar-refractivity contribution in [1.82, 2.24) is 9.88 Å². The molecule has 1 rings (SSSR count). The number of nitrogens with one attached hydrogen (secondary N) is 1. The van der Waals surface area contributed by atoms with Gasteiger partial charge in [0.15, 0.2) is 6.04 Å². The average Bonchev–Trinajstić information content (AvgIpc) is 2.58. The van der Waals surface area contributed by atoms with Crippen molar-refractivity contribution in [3.63, 3.8) is 0 Å². The predicted molar refractivity (Wildman–Crippen MR) is 53.1 cm³/mol. The van der Waals surface area contributed by atoms with E-state index in [1.807, 2.05) is 5.32 Å². The van der Waals surface area contributed by atoms with Crippen LogP contribution in [0, 0.1) is 0 Å². The van der Waals surface area contributed by atoms with Gasteiger partial charge in [-0.05, 0) is 6.07 Å². The second kappa shape index (κ2) is 4.78. The van der Waals surface area contributed by atoms with Gasteiger partial charge in [0, 0.05) is 25.0 Å². The highest BCUT2D eigenvalue weighted by Crippen LogP contribution is 2.32. The van der Waals surface area contributed by atoms with Crippen molar-refractivity contribution in [2.75, 3.05) is 5.88 Å². The zero-order chi connectivity index (χ0) is 12.3. The minimum absolute atomic E-state index is 0.0199. The minimum Gasteiger partial charge on any atom is -0.357 e. The number of halogens is 4. The van der Waals surface area contributed by atoms with Crippen molar-refractivity contribution in [2.45, 2.75) is 12.2 Å². The maximum absolute atomic E-state index is 12.6. The summed E-state index contributed by atoms with van der Waals surface area (Å²) in [6, 6.07) is -0.716. The number of alkyl halides is 4. The van der Waals surface area contributed by atoms with Gasteiger partial charge in [-0.25, -0.2) is 0 Å². The molecule has 7 heteroatoms. The molecule has 0 aromatic carbocycles. The third kappa shape index (κ3) is 3.16. The van der Waals surface area contributed by atoms with Crippen LogP contribution >= 0.6 is 11.6 Å². The van der Waals surface area contributed by atoms with E-state index in [4.69, 9.17) is 11.6 Å². The second-order valence-electron chi connectivity index (χ2n) is 3.29. The highest BCUT2D eigenvalue weighted by atomic mass is 35.5. The molecule has 0 radical (unpaired) electrons. The number of carbonyl (C=O) groups excluding carboxylic acids is 1. The molecule has 1 N–H and O–H groups in total. The van der Waals surface area contributed by atoms with Gasteiger partial charge in [-0.3, -0.25) is 4.79 Å². The highest BCUT2D eigenvalue weighted by molar-refractivity contribution is 6.27. The average molecular weight is 255 g/mol. The molecule has 0 aliphatic heterocycles. The first-order chi connectivity index (χ1) is 7.34. The molecule has 1 unspecified atom stereocenters. The Morgan fingerprint density at radius 3 is 2.62 bits per heavy atom. The third-order valence-electron chi connectivity index (χ3n) is 1.94. The number of nitrogens with zero attached hydrogens (tertiary/aromatic N) is 1. The smallest absolute Gasteiger partial charge is 0.357 e. The molecule has 0 saturated carbocycles. The summed E-state index contributed by atoms with van der Waals surface area (Å²) < 4.78 is 39.4. The van der Waals surface area contributed by atoms with E-state index in [1.165, 1.54) is 23.0 Å². The summed E-state index contributed by atoms with van der Waals surface area (Å²) in [6.45, 7) is 0. The molecule has 1 aromatic rings. The van der Waals surface area contributed by atoms with E-state index in [1.54, 1.807) is 7.05 Å². The van der Waals surface area contributed by atoms with E-state index in [2.05, 4.69) is 0 Å². The number of hydrogen-bond acceptors (Lipinski definition) is 1. The molecule has 0 saturated heterocycles. The summed E-state index contributed by atoms with van der Waals surface area (Å²) in [5, 5.41) is 1.83. The molecule has 16 heavy (non-hydrogen) atoms. The Bertz CT molecular complexity index is 375. The van der Waals surface area contributed by atoms with E-state index in [9.17, 15) is 18.0 Å². The first kappa shape index (κ1) is 12.9. The van der Waals surface area contributed by atoms with Crippen molar-refractivity contribution in [1.29, 1.82) is 0 Å². The molecular weight excluding hydrogens is 245 g/mol. The Hall–Kier alpha value is -1.17. The van der Waals surface area contributed by atoms with Crippen molar-refractivity contribution in [3.8, 4) is 0 Å². The molecule has 0 fully saturated rings. The molecule has 0 aliphatic rings. The van der Waals surface area contributed by atoms with Crippen LogP contribution in [0.4, 0.5) is 13.2 Å². The lowest BCUT2D eigenvalue weighted by atomic mass is 10.1. The van der Waals surface area contributed by atoms with Gasteiger partial charge in [0.25, 0.3) is 0 Å². The quantitative estimate of drug-likeness (QED) is 0.823. The Morgan fingerprint density at radius 1 is 1.62 bits per heavy atom. The van der Waals surface area contributed by atoms with Crippen LogP contribution in [0.3, 0.4) is 0 Å². The van der Waals surface area contributed by atoms with Crippen LogP contribution in [0.15, 0.2) is 18.5 Å². The van der Waals surface area contributed by atoms with E-state index >= 15 is 0 Å². The molecule has 3 nitrogen and oxygen atoms in total. The van der Waals surface area contributed by atoms with Crippen molar-refractivity contribution < 1.29 is 18.0 Å². The van der Waals surface area contributed by atoms with Crippen LogP contribution in [0.5, 0.6) is 0 Å². The fraction of sp³-hybridized carbons (Fsp3) is 0.444. The van der Waals surface area contributed by atoms with E-state index in [-0.39, 0.29) is 5.56 Å². The Balaban J connectivity index is 2.92. The Kier molecular flexibility index (Phi) is 3.85. The van der Waals surface area contributed by atoms with Crippen LogP contribution < -0.4 is 5.32 Å². The zero-order valence-electron chi connectivity index (χ0n) is 8.38. The van der Waals surface area contributed by atoms with Crippen LogP contribution in [-0.4, -0.2) is 22.5 Å². The molecule has 1 aromatic heterocycles. The Labute approximate surface area is 95.2 Å². The number of rotatable bonds is 3. The molecule has 0 spiro atoms. The lowest BCUT2D eigenvalue weighted by Crippen LogP contribution is -2.38. The molecule has 1 amide bonds. The SMILES string of the molecule is Cn1ccc(C(NC(=O)CCl)C(F)(F)F)c1. The van der Waals surface area contributed by atoms with Gasteiger partial charge < -0.3 is 9.88 Å². The molecule has 90 valence electrons. The van der Waals surface area contributed by atoms with Gasteiger partial charge in [-0.2, -0.15) is 13.2 Å². The minimum atomic E-state index is -4.54. The summed E-state index contributed by atoms with van der Waals surface area (Å²) in [5.74, 6) is -1.35. The number of carbonyl (C=O) groups is 1. The fourth-order valence-corrected chi connectivity index (χ4v) is 1.33. The van der Waals surface area contributed by atoms with Gasteiger partial charge in [-0.15, -0.1) is 11.6 Å². The number of amides is 1. The normalized spacial score (nSPS) is 13.6. The van der Waals surface area contributed by atoms with Crippen molar-refractivity contribution in [2.24, 2.45) is 7.05 Å². The second-order valence-corrected chi connectivity index (χ2v) is 3.55. The summed E-state index contributed by atoms with van der Waals surface area (Å²) in [6.07, 6.45) is -1.77. The lowest BCUT2D eigenvalue weighted by Gasteiger charge is -2.20. The summed E-state index contributed by atoms with van der Waals surface area (Å²) in [7, 11) is 1.60. The van der Waals surface area contributed by atoms with Crippen molar-refractivity contribution in [3.05, 3.63) is 24.0 Å². The first-order valence-corrected chi connectivity index (χ1v) is 4.92. The maximum Gasteiger partial charge on any atom is 0.412 e. The monoisotopic (exact) mass is 254 g/mol. The largest absolute Gasteiger partial charge is 0.412 e. The molecule has 0 bridgehead atoms. The van der Waals surface area contributed by atoms with E-state index < -0.39 is 24.0 Å². The molecule has 1 atom stereocenters. The van der Waals surface area contributed by atoms with Gasteiger partial charge in [0.05, 0.1) is 0 Å². The van der Waals surface area contributed by atoms with Crippen LogP contribution in [0.1, 0.15) is 11.6 Å². The topological polar surface area (TPSA) is 34.0 Å². The summed E-state index contributed by atoms with van der Waals surface area (Å²) in [5.41, 5.74) is -0.0199. The van der Waals surface area contributed by atoms with E-state index in [0.717, 1.165) is 0 Å². The summed E-state index contributed by atoms with van der Waals surface area (Å²) >= 11 is 5.15. The first-order valence-electron chi connectivity index (χ1n) is 4.38. The fourth-order valence-electron chi connectivity index (χ4n) is 1.25. The van der Waals surface area contributed by atoms with Gasteiger partial charge in [-0.1, -0.05) is 0 Å². The van der Waals surface area contributed by atoms with Gasteiger partial charge >= 0.3 is 6.18 Å². The molecule has 0 aliphatic carbocycles. The molecular formula is C9H10ClF3N2O. The van der Waals surface area contributed by atoms with Crippen molar-refractivity contribution >= 4 is 17.5 Å².